The Bertz CT molecular complexity index is 8.49. The van der Waals surface area contributed by atoms with E-state index >= 15 is 0 Å². The predicted molar refractivity (Wildman–Crippen MR) is 27.5 cm³/mol. The average Bonchev–Trinajstić information content (AvgIpc) is 1.00. The second kappa shape index (κ2) is 238. The first kappa shape index (κ1) is 116. The summed E-state index contributed by atoms with van der Waals surface area (Å²) >= 11 is 1.06. The molecule has 0 fully saturated rings. The minimum atomic E-state index is 0. The number of hydrogen-bond acceptors (Lipinski definition) is 0. The molecule has 0 aromatic rings. The van der Waals surface area contributed by atoms with E-state index in [9.17, 15) is 0 Å². The molecule has 0 atom stereocenters. The van der Waals surface area contributed by atoms with E-state index in [-0.39, 0.29) is 32.9 Å². The van der Waals surface area contributed by atoms with Crippen LogP contribution in [0.25, 0.3) is 0 Å². The zero-order valence-corrected chi connectivity index (χ0v) is 7.16. The molecule has 0 heterocycles. The number of rotatable bonds is 0. The van der Waals surface area contributed by atoms with E-state index in [0.717, 1.165) is 36.8 Å². The summed E-state index contributed by atoms with van der Waals surface area (Å²) in [7, 11) is 0. The van der Waals surface area contributed by atoms with Crippen LogP contribution in [0, 0.1) is 36.8 Å². The summed E-state index contributed by atoms with van der Waals surface area (Å²) in [5, 5.41) is 0. The summed E-state index contributed by atoms with van der Waals surface area (Å²) in [6.07, 6.45) is 0. The van der Waals surface area contributed by atoms with E-state index in [1.165, 1.54) is 0 Å². The van der Waals surface area contributed by atoms with Gasteiger partial charge in [-0.25, -0.2) is 0 Å². The Morgan fingerprint density at radius 2 is 0.500 bits per heavy atom. The van der Waals surface area contributed by atoms with Crippen molar-refractivity contribution in [2.75, 3.05) is 0 Å². The van der Waals surface area contributed by atoms with Gasteiger partial charge >= 0.3 is 42.7 Å². The van der Waals surface area contributed by atoms with Crippen LogP contribution in [-0.4, -0.2) is 32.9 Å². The third-order valence-electron chi connectivity index (χ3n) is 0. The van der Waals surface area contributed by atoms with Crippen molar-refractivity contribution in [1.82, 2.24) is 0 Å². The Morgan fingerprint density at radius 3 is 0.500 bits per heavy atom. The molecule has 0 unspecified atom stereocenters. The van der Waals surface area contributed by atoms with Crippen molar-refractivity contribution in [3.63, 3.8) is 0 Å². The van der Waals surface area contributed by atoms with Crippen LogP contribution in [0.5, 0.6) is 0 Å². The summed E-state index contributed by atoms with van der Waals surface area (Å²) < 4.78 is 0. The molecular weight excluding hydrogens is 282 g/mol. The van der Waals surface area contributed by atoms with E-state index in [1.54, 1.807) is 0 Å². The van der Waals surface area contributed by atoms with Crippen molar-refractivity contribution in [1.29, 1.82) is 0 Å². The van der Waals surface area contributed by atoms with Gasteiger partial charge in [-0.1, -0.05) is 0 Å². The molecule has 0 bridgehead atoms. The first-order valence-corrected chi connectivity index (χ1v) is 3.43. The van der Waals surface area contributed by atoms with Gasteiger partial charge in [0, 0.05) is 0 Å². The predicted octanol–water partition coefficient (Wildman–Crippen LogP) is -4.26. The van der Waals surface area contributed by atoms with Gasteiger partial charge < -0.3 is 32.9 Å². The molecular formula is H12ClO6Sm. The van der Waals surface area contributed by atoms with E-state index in [2.05, 4.69) is 0 Å². The Kier molecular flexibility index (Phi) is 3440. The van der Waals surface area contributed by atoms with Crippen LogP contribution in [0.4, 0.5) is 0 Å². The molecule has 0 radical (unpaired) electrons. The molecule has 0 aliphatic carbocycles. The topological polar surface area (TPSA) is 189 Å². The fourth-order valence-electron chi connectivity index (χ4n) is 0. The maximum atomic E-state index is 4.72. The number of hydrogen-bond donors (Lipinski definition) is 0. The van der Waals surface area contributed by atoms with Gasteiger partial charge in [-0.3, -0.25) is 0 Å². The van der Waals surface area contributed by atoms with Gasteiger partial charge in [-0.2, -0.15) is 0 Å². The standard InChI is InChI=1S/ClH.6H2O.Sm/h1H;6*1H2;/q;;;;;;;+1/p-1. The van der Waals surface area contributed by atoms with Crippen LogP contribution < -0.4 is 0 Å². The van der Waals surface area contributed by atoms with Gasteiger partial charge in [0.1, 0.15) is 0 Å². The van der Waals surface area contributed by atoms with Gasteiger partial charge in [0.2, 0.25) is 0 Å². The molecule has 0 spiro atoms. The molecule has 0 aromatic carbocycles. The molecule has 8 heavy (non-hydrogen) atoms. The third kappa shape index (κ3) is 157. The first-order valence-electron chi connectivity index (χ1n) is 0.154. The fraction of sp³-hybridized carbons (Fsp3) is 0. The van der Waals surface area contributed by atoms with E-state index in [4.69, 9.17) is 5.89 Å². The molecule has 0 amide bonds. The molecule has 0 aliphatic rings. The SMILES string of the molecule is O.O.O.O.O.O.[Cl][Sm]. The molecule has 8 heteroatoms. The molecule has 12 N–H and O–H groups in total. The van der Waals surface area contributed by atoms with Gasteiger partial charge in [0.15, 0.2) is 0 Å². The Labute approximate surface area is 74.9 Å². The molecule has 0 saturated heterocycles. The summed E-state index contributed by atoms with van der Waals surface area (Å²) in [6, 6.07) is 0. The van der Waals surface area contributed by atoms with Gasteiger partial charge in [-0.05, 0) is 0 Å². The normalized spacial score (nSPS) is 0.625. The van der Waals surface area contributed by atoms with E-state index in [0.29, 0.717) is 0 Å². The van der Waals surface area contributed by atoms with Crippen molar-refractivity contribution >= 4 is 5.89 Å². The Morgan fingerprint density at radius 1 is 0.500 bits per heavy atom. The molecule has 61 valence electrons. The van der Waals surface area contributed by atoms with Crippen molar-refractivity contribution in [2.45, 2.75) is 0 Å². The summed E-state index contributed by atoms with van der Waals surface area (Å²) in [4.78, 5) is 0. The minimum absolute atomic E-state index is 0. The molecule has 0 aromatic heterocycles. The molecule has 0 aliphatic heterocycles. The Balaban J connectivity index is -0.000000000333. The first-order chi connectivity index (χ1) is 1.00. The van der Waals surface area contributed by atoms with Crippen LogP contribution >= 0.6 is 5.89 Å². The monoisotopic (exact) mass is 295 g/mol. The van der Waals surface area contributed by atoms with Crippen LogP contribution in [0.2, 0.25) is 0 Å². The average molecular weight is 294 g/mol. The van der Waals surface area contributed by atoms with E-state index in [1.807, 2.05) is 0 Å². The van der Waals surface area contributed by atoms with Crippen molar-refractivity contribution in [2.24, 2.45) is 0 Å². The fourth-order valence-corrected chi connectivity index (χ4v) is 0. The zero-order chi connectivity index (χ0) is 2.00. The number of halogens is 1. The van der Waals surface area contributed by atoms with Crippen LogP contribution in [0.3, 0.4) is 0 Å². The van der Waals surface area contributed by atoms with Crippen molar-refractivity contribution in [3.8, 4) is 0 Å². The second-order valence-electron chi connectivity index (χ2n) is 0. The van der Waals surface area contributed by atoms with Crippen LogP contribution in [0.15, 0.2) is 0 Å². The van der Waals surface area contributed by atoms with Gasteiger partial charge in [0.25, 0.3) is 0 Å². The van der Waals surface area contributed by atoms with Crippen molar-refractivity contribution in [3.05, 3.63) is 0 Å². The summed E-state index contributed by atoms with van der Waals surface area (Å²) in [5.74, 6) is 4.72. The van der Waals surface area contributed by atoms with Crippen LogP contribution in [-0.2, 0) is 0 Å². The van der Waals surface area contributed by atoms with Gasteiger partial charge in [0.05, 0.1) is 0 Å². The second-order valence-corrected chi connectivity index (χ2v) is 0. The summed E-state index contributed by atoms with van der Waals surface area (Å²) in [5.41, 5.74) is 0. The van der Waals surface area contributed by atoms with Gasteiger partial charge in [-0.15, -0.1) is 0 Å². The summed E-state index contributed by atoms with van der Waals surface area (Å²) in [6.45, 7) is 0. The van der Waals surface area contributed by atoms with E-state index < -0.39 is 0 Å². The maximum absolute atomic E-state index is 4.72. The molecule has 6 nitrogen and oxygen atoms in total. The molecule has 0 saturated carbocycles. The van der Waals surface area contributed by atoms with Crippen LogP contribution in [0.1, 0.15) is 0 Å². The third-order valence-corrected chi connectivity index (χ3v) is 0. The molecule has 0 rings (SSSR count). The van der Waals surface area contributed by atoms with Crippen molar-refractivity contribution < 1.29 is 69.6 Å². The zero-order valence-electron chi connectivity index (χ0n) is 3.79. The Hall–Kier alpha value is 1.39. The quantitative estimate of drug-likeness (QED) is 0.418.